The Morgan fingerprint density at radius 2 is 2.05 bits per heavy atom. The van der Waals surface area contributed by atoms with Gasteiger partial charge in [-0.3, -0.25) is 9.59 Å². The third-order valence-electron chi connectivity index (χ3n) is 3.04. The largest absolute Gasteiger partial charge is 0.481 e. The number of nitrogens with zero attached hydrogens (tertiary/aromatic N) is 1. The molecule has 0 radical (unpaired) electrons. The molecule has 0 aromatic heterocycles. The van der Waals surface area contributed by atoms with Crippen molar-refractivity contribution in [2.45, 2.75) is 12.6 Å². The Hall–Kier alpha value is -1.76. The van der Waals surface area contributed by atoms with Gasteiger partial charge in [-0.25, -0.2) is 0 Å². The Balaban J connectivity index is 2.31. The summed E-state index contributed by atoms with van der Waals surface area (Å²) in [5, 5.41) is 8.62. The highest BCUT2D eigenvalue weighted by molar-refractivity contribution is 6.34. The third-order valence-corrected chi connectivity index (χ3v) is 3.34. The van der Waals surface area contributed by atoms with E-state index in [0.717, 1.165) is 23.1 Å². The van der Waals surface area contributed by atoms with Gasteiger partial charge in [0.25, 0.3) is 0 Å². The average molecular weight is 308 g/mol. The quantitative estimate of drug-likeness (QED) is 0.914. The molecule has 1 fully saturated rings. The molecule has 1 aliphatic rings. The van der Waals surface area contributed by atoms with E-state index in [1.54, 1.807) is 0 Å². The average Bonchev–Trinajstić information content (AvgIpc) is 2.70. The number of alkyl halides is 3. The minimum atomic E-state index is -4.53. The molecule has 108 valence electrons. The van der Waals surface area contributed by atoms with Crippen LogP contribution in [-0.4, -0.2) is 23.5 Å². The Labute approximate surface area is 116 Å². The predicted octanol–water partition coefficient (Wildman–Crippen LogP) is 2.80. The van der Waals surface area contributed by atoms with Crippen molar-refractivity contribution in [1.29, 1.82) is 0 Å². The first-order chi connectivity index (χ1) is 9.20. The van der Waals surface area contributed by atoms with Crippen LogP contribution in [0.15, 0.2) is 18.2 Å². The van der Waals surface area contributed by atoms with E-state index in [1.807, 2.05) is 0 Å². The Kier molecular flexibility index (Phi) is 3.64. The zero-order valence-corrected chi connectivity index (χ0v) is 10.7. The van der Waals surface area contributed by atoms with Crippen LogP contribution in [0.25, 0.3) is 0 Å². The fourth-order valence-electron chi connectivity index (χ4n) is 2.01. The molecule has 0 bridgehead atoms. The number of carboxylic acids is 1. The highest BCUT2D eigenvalue weighted by Gasteiger charge is 2.37. The monoisotopic (exact) mass is 307 g/mol. The number of aliphatic carboxylic acids is 1. The van der Waals surface area contributed by atoms with Gasteiger partial charge in [-0.1, -0.05) is 11.6 Å². The maximum Gasteiger partial charge on any atom is 0.416 e. The molecule has 1 saturated heterocycles. The zero-order chi connectivity index (χ0) is 15.1. The molecule has 2 rings (SSSR count). The van der Waals surface area contributed by atoms with E-state index in [-0.39, 0.29) is 23.7 Å². The predicted molar refractivity (Wildman–Crippen MR) is 64.5 cm³/mol. The first-order valence-corrected chi connectivity index (χ1v) is 5.98. The maximum atomic E-state index is 12.5. The second kappa shape index (κ2) is 4.97. The van der Waals surface area contributed by atoms with Crippen LogP contribution >= 0.6 is 11.6 Å². The molecule has 0 aliphatic carbocycles. The highest BCUT2D eigenvalue weighted by Crippen LogP contribution is 2.37. The lowest BCUT2D eigenvalue weighted by Gasteiger charge is -2.18. The Morgan fingerprint density at radius 1 is 1.40 bits per heavy atom. The lowest BCUT2D eigenvalue weighted by Crippen LogP contribution is -2.26. The highest BCUT2D eigenvalue weighted by atomic mass is 35.5. The standard InChI is InChI=1S/C12H9ClF3NO3/c13-8-4-7(12(14,15)16)1-2-9(8)17-5-6(11(19)20)3-10(17)18/h1-2,4,6H,3,5H2,(H,19,20). The number of carboxylic acid groups (broad SMARTS) is 1. The number of halogens is 4. The number of hydrogen-bond acceptors (Lipinski definition) is 2. The van der Waals surface area contributed by atoms with Crippen molar-refractivity contribution < 1.29 is 27.9 Å². The van der Waals surface area contributed by atoms with E-state index >= 15 is 0 Å². The Bertz CT molecular complexity index is 574. The van der Waals surface area contributed by atoms with Gasteiger partial charge >= 0.3 is 12.1 Å². The van der Waals surface area contributed by atoms with E-state index in [0.29, 0.717) is 0 Å². The summed E-state index contributed by atoms with van der Waals surface area (Å²) in [5.74, 6) is -2.47. The zero-order valence-electron chi connectivity index (χ0n) is 9.95. The van der Waals surface area contributed by atoms with Gasteiger partial charge in [-0.15, -0.1) is 0 Å². The summed E-state index contributed by atoms with van der Waals surface area (Å²) in [5.41, 5.74) is -0.832. The molecule has 1 aromatic rings. The minimum absolute atomic E-state index is 0.0911. The molecular weight excluding hydrogens is 299 g/mol. The molecular formula is C12H9ClF3NO3. The topological polar surface area (TPSA) is 57.6 Å². The van der Waals surface area contributed by atoms with E-state index in [9.17, 15) is 22.8 Å². The maximum absolute atomic E-state index is 12.5. The van der Waals surface area contributed by atoms with E-state index in [1.165, 1.54) is 0 Å². The van der Waals surface area contributed by atoms with Gasteiger partial charge in [0, 0.05) is 13.0 Å². The molecule has 1 atom stereocenters. The van der Waals surface area contributed by atoms with Crippen LogP contribution < -0.4 is 4.90 Å². The molecule has 0 saturated carbocycles. The van der Waals surface area contributed by atoms with Crippen LogP contribution in [0, 0.1) is 5.92 Å². The summed E-state index contributed by atoms with van der Waals surface area (Å²) in [6, 6.07) is 2.61. The van der Waals surface area contributed by atoms with Crippen molar-refractivity contribution in [2.75, 3.05) is 11.4 Å². The van der Waals surface area contributed by atoms with Crippen molar-refractivity contribution in [2.24, 2.45) is 5.92 Å². The summed E-state index contributed by atoms with van der Waals surface area (Å²) in [6.45, 7) is -0.0980. The summed E-state index contributed by atoms with van der Waals surface area (Å²) in [7, 11) is 0. The number of hydrogen-bond donors (Lipinski definition) is 1. The lowest BCUT2D eigenvalue weighted by atomic mass is 10.1. The first-order valence-electron chi connectivity index (χ1n) is 5.60. The summed E-state index contributed by atoms with van der Waals surface area (Å²) in [4.78, 5) is 23.6. The molecule has 1 N–H and O–H groups in total. The van der Waals surface area contributed by atoms with Crippen molar-refractivity contribution >= 4 is 29.2 Å². The van der Waals surface area contributed by atoms with Crippen LogP contribution in [0.2, 0.25) is 5.02 Å². The second-order valence-corrected chi connectivity index (χ2v) is 4.81. The molecule has 1 amide bonds. The fraction of sp³-hybridized carbons (Fsp3) is 0.333. The van der Waals surface area contributed by atoms with Gasteiger partial charge in [0.05, 0.1) is 22.2 Å². The molecule has 8 heteroatoms. The minimum Gasteiger partial charge on any atom is -0.481 e. The number of carbonyl (C=O) groups is 2. The number of rotatable bonds is 2. The van der Waals surface area contributed by atoms with E-state index in [2.05, 4.69) is 0 Å². The fourth-order valence-corrected chi connectivity index (χ4v) is 2.29. The molecule has 1 unspecified atom stereocenters. The number of amides is 1. The molecule has 1 heterocycles. The van der Waals surface area contributed by atoms with Crippen molar-refractivity contribution in [3.05, 3.63) is 28.8 Å². The van der Waals surface area contributed by atoms with Gasteiger partial charge in [0.15, 0.2) is 0 Å². The van der Waals surface area contributed by atoms with Crippen LogP contribution in [-0.2, 0) is 15.8 Å². The Morgan fingerprint density at radius 3 is 2.50 bits per heavy atom. The van der Waals surface area contributed by atoms with E-state index in [4.69, 9.17) is 16.7 Å². The number of carbonyl (C=O) groups excluding carboxylic acids is 1. The van der Waals surface area contributed by atoms with Crippen LogP contribution in [0.5, 0.6) is 0 Å². The van der Waals surface area contributed by atoms with Crippen LogP contribution in [0.3, 0.4) is 0 Å². The summed E-state index contributed by atoms with van der Waals surface area (Å²) in [6.07, 6.45) is -4.71. The number of benzene rings is 1. The van der Waals surface area contributed by atoms with Crippen LogP contribution in [0.1, 0.15) is 12.0 Å². The van der Waals surface area contributed by atoms with Gasteiger partial charge < -0.3 is 10.0 Å². The number of anilines is 1. The van der Waals surface area contributed by atoms with Gasteiger partial charge in [-0.2, -0.15) is 13.2 Å². The molecule has 20 heavy (non-hydrogen) atoms. The summed E-state index contributed by atoms with van der Waals surface area (Å²) >= 11 is 5.77. The van der Waals surface area contributed by atoms with Crippen molar-refractivity contribution in [1.82, 2.24) is 0 Å². The third kappa shape index (κ3) is 2.72. The lowest BCUT2D eigenvalue weighted by molar-refractivity contribution is -0.141. The smallest absolute Gasteiger partial charge is 0.416 e. The summed E-state index contributed by atoms with van der Waals surface area (Å²) < 4.78 is 37.5. The van der Waals surface area contributed by atoms with Crippen LogP contribution in [0.4, 0.5) is 18.9 Å². The normalized spacial score (nSPS) is 19.5. The molecule has 4 nitrogen and oxygen atoms in total. The molecule has 0 spiro atoms. The van der Waals surface area contributed by atoms with Crippen molar-refractivity contribution in [3.8, 4) is 0 Å². The molecule has 1 aliphatic heterocycles. The second-order valence-electron chi connectivity index (χ2n) is 4.41. The van der Waals surface area contributed by atoms with E-state index < -0.39 is 29.5 Å². The van der Waals surface area contributed by atoms with Gasteiger partial charge in [0.2, 0.25) is 5.91 Å². The first kappa shape index (κ1) is 14.6. The van der Waals surface area contributed by atoms with Gasteiger partial charge in [-0.05, 0) is 18.2 Å². The van der Waals surface area contributed by atoms with Gasteiger partial charge in [0.1, 0.15) is 0 Å². The SMILES string of the molecule is O=C(O)C1CC(=O)N(c2ccc(C(F)(F)F)cc2Cl)C1. The van der Waals surface area contributed by atoms with Crippen molar-refractivity contribution in [3.63, 3.8) is 0 Å². The molecule has 1 aromatic carbocycles.